The molecule has 2 amide bonds. The van der Waals surface area contributed by atoms with Crippen LogP contribution in [0.3, 0.4) is 0 Å². The molecule has 0 unspecified atom stereocenters. The number of nitrogens with zero attached hydrogens (tertiary/aromatic N) is 4. The van der Waals surface area contributed by atoms with E-state index in [2.05, 4.69) is 29.2 Å². The van der Waals surface area contributed by atoms with Crippen molar-refractivity contribution < 1.29 is 14.0 Å². The van der Waals surface area contributed by atoms with Crippen molar-refractivity contribution in [3.05, 3.63) is 47.5 Å². The molecule has 0 bridgehead atoms. The standard InChI is InChI=1S/C25H36FN5O2/c1-6-22-21(15-28-31(22)20-9-7-19(26)8-10-20)24(33)30-13-11-18(12-14-30)23(32)27-16-25(2,3)17-29(4)5/h7-10,15,18H,6,11-14,16-17H2,1-5H3,(H,27,32). The molecule has 1 aromatic carbocycles. The molecule has 0 aliphatic carbocycles. The largest absolute Gasteiger partial charge is 0.355 e. The maximum Gasteiger partial charge on any atom is 0.257 e. The first-order chi connectivity index (χ1) is 15.6. The molecule has 0 saturated carbocycles. The van der Waals surface area contributed by atoms with E-state index < -0.39 is 0 Å². The molecule has 0 atom stereocenters. The Labute approximate surface area is 195 Å². The van der Waals surface area contributed by atoms with E-state index in [9.17, 15) is 14.0 Å². The lowest BCUT2D eigenvalue weighted by atomic mass is 9.91. The van der Waals surface area contributed by atoms with Crippen molar-refractivity contribution in [2.24, 2.45) is 11.3 Å². The van der Waals surface area contributed by atoms with Gasteiger partial charge in [0.05, 0.1) is 23.1 Å². The van der Waals surface area contributed by atoms with Crippen LogP contribution in [0, 0.1) is 17.2 Å². The Morgan fingerprint density at radius 1 is 1.18 bits per heavy atom. The Morgan fingerprint density at radius 2 is 1.82 bits per heavy atom. The van der Waals surface area contributed by atoms with Crippen LogP contribution in [0.2, 0.25) is 0 Å². The molecule has 8 heteroatoms. The van der Waals surface area contributed by atoms with Gasteiger partial charge in [-0.15, -0.1) is 0 Å². The zero-order chi connectivity index (χ0) is 24.2. The maximum absolute atomic E-state index is 13.3. The number of nitrogens with one attached hydrogen (secondary N) is 1. The van der Waals surface area contributed by atoms with Gasteiger partial charge in [-0.1, -0.05) is 20.8 Å². The molecule has 3 rings (SSSR count). The summed E-state index contributed by atoms with van der Waals surface area (Å²) in [7, 11) is 4.06. The Hall–Kier alpha value is -2.74. The van der Waals surface area contributed by atoms with Crippen LogP contribution in [-0.2, 0) is 11.2 Å². The first kappa shape index (κ1) is 24.9. The molecule has 180 valence electrons. The second-order valence-corrected chi connectivity index (χ2v) is 9.93. The number of carbonyl (C=O) groups excluding carboxylic acids is 2. The van der Waals surface area contributed by atoms with Crippen LogP contribution in [0.5, 0.6) is 0 Å². The first-order valence-corrected chi connectivity index (χ1v) is 11.7. The van der Waals surface area contributed by atoms with Gasteiger partial charge < -0.3 is 15.1 Å². The summed E-state index contributed by atoms with van der Waals surface area (Å²) in [5.41, 5.74) is 2.08. The monoisotopic (exact) mass is 457 g/mol. The quantitative estimate of drug-likeness (QED) is 0.661. The number of hydrogen-bond donors (Lipinski definition) is 1. The average Bonchev–Trinajstić information content (AvgIpc) is 3.21. The summed E-state index contributed by atoms with van der Waals surface area (Å²) in [5, 5.41) is 7.50. The zero-order valence-corrected chi connectivity index (χ0v) is 20.4. The minimum atomic E-state index is -0.312. The Kier molecular flexibility index (Phi) is 7.89. The van der Waals surface area contributed by atoms with Crippen LogP contribution in [-0.4, -0.2) is 71.7 Å². The summed E-state index contributed by atoms with van der Waals surface area (Å²) in [6.07, 6.45) is 3.52. The molecular weight excluding hydrogens is 421 g/mol. The molecule has 7 nitrogen and oxygen atoms in total. The Bertz CT molecular complexity index is 960. The van der Waals surface area contributed by atoms with E-state index in [1.807, 2.05) is 25.9 Å². The van der Waals surface area contributed by atoms with Crippen LogP contribution in [0.15, 0.2) is 30.5 Å². The highest BCUT2D eigenvalue weighted by Gasteiger charge is 2.30. The Balaban J connectivity index is 1.59. The van der Waals surface area contributed by atoms with E-state index in [1.54, 1.807) is 23.0 Å². The number of carbonyl (C=O) groups is 2. The van der Waals surface area contributed by atoms with E-state index in [4.69, 9.17) is 0 Å². The number of halogens is 1. The third kappa shape index (κ3) is 6.19. The number of hydrogen-bond acceptors (Lipinski definition) is 4. The van der Waals surface area contributed by atoms with Crippen LogP contribution in [0.1, 0.15) is 49.7 Å². The molecule has 1 aromatic heterocycles. The van der Waals surface area contributed by atoms with Gasteiger partial charge in [0, 0.05) is 32.1 Å². The highest BCUT2D eigenvalue weighted by Crippen LogP contribution is 2.23. The van der Waals surface area contributed by atoms with Crippen molar-refractivity contribution in [2.45, 2.75) is 40.0 Å². The number of aromatic nitrogens is 2. The maximum atomic E-state index is 13.3. The number of likely N-dealkylation sites (tertiary alicyclic amines) is 1. The van der Waals surface area contributed by atoms with Crippen LogP contribution in [0.4, 0.5) is 4.39 Å². The number of benzene rings is 1. The fraction of sp³-hybridized carbons (Fsp3) is 0.560. The van der Waals surface area contributed by atoms with Crippen molar-refractivity contribution in [1.29, 1.82) is 0 Å². The normalized spacial score (nSPS) is 15.2. The fourth-order valence-electron chi connectivity index (χ4n) is 4.60. The third-order valence-electron chi connectivity index (χ3n) is 6.14. The van der Waals surface area contributed by atoms with Gasteiger partial charge in [-0.05, 0) is 63.0 Å². The van der Waals surface area contributed by atoms with Gasteiger partial charge in [0.1, 0.15) is 5.82 Å². The summed E-state index contributed by atoms with van der Waals surface area (Å²) >= 11 is 0. The van der Waals surface area contributed by atoms with Gasteiger partial charge in [0.25, 0.3) is 5.91 Å². The van der Waals surface area contributed by atoms with Crippen molar-refractivity contribution in [3.63, 3.8) is 0 Å². The molecule has 33 heavy (non-hydrogen) atoms. The van der Waals surface area contributed by atoms with Crippen molar-refractivity contribution in [3.8, 4) is 5.69 Å². The van der Waals surface area contributed by atoms with Crippen molar-refractivity contribution >= 4 is 11.8 Å². The first-order valence-electron chi connectivity index (χ1n) is 11.7. The molecule has 1 N–H and O–H groups in total. The SMILES string of the molecule is CCc1c(C(=O)N2CCC(C(=O)NCC(C)(C)CN(C)C)CC2)cnn1-c1ccc(F)cc1. The molecule has 1 saturated heterocycles. The second-order valence-electron chi connectivity index (χ2n) is 9.93. The minimum Gasteiger partial charge on any atom is -0.355 e. The van der Waals surface area contributed by atoms with E-state index in [1.165, 1.54) is 12.1 Å². The summed E-state index contributed by atoms with van der Waals surface area (Å²) in [5.74, 6) is -0.372. The summed E-state index contributed by atoms with van der Waals surface area (Å²) in [4.78, 5) is 29.8. The lowest BCUT2D eigenvalue weighted by molar-refractivity contribution is -0.126. The highest BCUT2D eigenvalue weighted by molar-refractivity contribution is 5.95. The van der Waals surface area contributed by atoms with E-state index in [0.29, 0.717) is 44.5 Å². The number of amides is 2. The number of rotatable bonds is 8. The fourth-order valence-corrected chi connectivity index (χ4v) is 4.60. The van der Waals surface area contributed by atoms with Crippen LogP contribution >= 0.6 is 0 Å². The van der Waals surface area contributed by atoms with Gasteiger partial charge >= 0.3 is 0 Å². The van der Waals surface area contributed by atoms with Gasteiger partial charge in [-0.2, -0.15) is 5.10 Å². The molecule has 0 radical (unpaired) electrons. The van der Waals surface area contributed by atoms with Crippen molar-refractivity contribution in [2.75, 3.05) is 40.3 Å². The van der Waals surface area contributed by atoms with Crippen molar-refractivity contribution in [1.82, 2.24) is 24.9 Å². The second kappa shape index (κ2) is 10.5. The highest BCUT2D eigenvalue weighted by atomic mass is 19.1. The molecule has 0 spiro atoms. The third-order valence-corrected chi connectivity index (χ3v) is 6.14. The predicted octanol–water partition coefficient (Wildman–Crippen LogP) is 3.13. The van der Waals surface area contributed by atoms with Gasteiger partial charge in [-0.25, -0.2) is 9.07 Å². The smallest absolute Gasteiger partial charge is 0.257 e. The topological polar surface area (TPSA) is 70.5 Å². The summed E-state index contributed by atoms with van der Waals surface area (Å²) < 4.78 is 15.0. The number of piperidine rings is 1. The molecule has 1 fully saturated rings. The molecule has 1 aliphatic heterocycles. The zero-order valence-electron chi connectivity index (χ0n) is 20.4. The lowest BCUT2D eigenvalue weighted by Crippen LogP contribution is -2.46. The predicted molar refractivity (Wildman–Crippen MR) is 127 cm³/mol. The van der Waals surface area contributed by atoms with Crippen LogP contribution < -0.4 is 5.32 Å². The molecule has 2 heterocycles. The Morgan fingerprint density at radius 3 is 2.39 bits per heavy atom. The van der Waals surface area contributed by atoms with E-state index in [-0.39, 0.29) is 29.0 Å². The lowest BCUT2D eigenvalue weighted by Gasteiger charge is -2.33. The van der Waals surface area contributed by atoms with Gasteiger partial charge in [0.2, 0.25) is 5.91 Å². The van der Waals surface area contributed by atoms with E-state index in [0.717, 1.165) is 17.9 Å². The molecule has 2 aromatic rings. The summed E-state index contributed by atoms with van der Waals surface area (Å²) in [6.45, 7) is 8.88. The molecule has 1 aliphatic rings. The minimum absolute atomic E-state index is 0.00292. The summed E-state index contributed by atoms with van der Waals surface area (Å²) in [6, 6.07) is 6.07. The van der Waals surface area contributed by atoms with Gasteiger partial charge in [0.15, 0.2) is 0 Å². The van der Waals surface area contributed by atoms with Gasteiger partial charge in [-0.3, -0.25) is 9.59 Å². The average molecular weight is 458 g/mol. The van der Waals surface area contributed by atoms with E-state index >= 15 is 0 Å². The molecular formula is C25H36FN5O2. The van der Waals surface area contributed by atoms with Crippen LogP contribution in [0.25, 0.3) is 5.69 Å².